The van der Waals surface area contributed by atoms with E-state index in [-0.39, 0.29) is 0 Å². The van der Waals surface area contributed by atoms with Crippen LogP contribution in [-0.4, -0.2) is 7.05 Å². The molecular formula is C12H20N2. The van der Waals surface area contributed by atoms with Crippen molar-refractivity contribution in [1.82, 2.24) is 0 Å². The van der Waals surface area contributed by atoms with E-state index in [1.54, 1.807) is 0 Å². The fourth-order valence-corrected chi connectivity index (χ4v) is 1.65. The monoisotopic (exact) mass is 192 g/mol. The van der Waals surface area contributed by atoms with E-state index in [1.165, 1.54) is 11.1 Å². The third-order valence-corrected chi connectivity index (χ3v) is 2.59. The van der Waals surface area contributed by atoms with Gasteiger partial charge >= 0.3 is 0 Å². The highest BCUT2D eigenvalue weighted by molar-refractivity contribution is 5.63. The van der Waals surface area contributed by atoms with Gasteiger partial charge in [-0.1, -0.05) is 20.8 Å². The molecule has 78 valence electrons. The van der Waals surface area contributed by atoms with Crippen molar-refractivity contribution in [2.45, 2.75) is 33.1 Å². The lowest BCUT2D eigenvalue weighted by molar-refractivity contribution is 0.867. The Morgan fingerprint density at radius 1 is 1.36 bits per heavy atom. The summed E-state index contributed by atoms with van der Waals surface area (Å²) in [6, 6.07) is 4.26. The number of rotatable bonds is 3. The number of aryl methyl sites for hydroxylation is 1. The predicted octanol–water partition coefficient (Wildman–Crippen LogP) is 3.00. The summed E-state index contributed by atoms with van der Waals surface area (Å²) in [7, 11) is 1.94. The molecule has 0 aromatic heterocycles. The number of nitrogens with two attached hydrogens (primary N) is 1. The van der Waals surface area contributed by atoms with Gasteiger partial charge in [0.2, 0.25) is 0 Å². The second-order valence-corrected chi connectivity index (χ2v) is 3.90. The van der Waals surface area contributed by atoms with Crippen molar-refractivity contribution in [2.24, 2.45) is 0 Å². The van der Waals surface area contributed by atoms with Crippen LogP contribution in [0.5, 0.6) is 0 Å². The maximum atomic E-state index is 6.09. The minimum absolute atomic E-state index is 0.480. The minimum atomic E-state index is 0.480. The van der Waals surface area contributed by atoms with Crippen LogP contribution in [0.15, 0.2) is 12.1 Å². The van der Waals surface area contributed by atoms with Crippen LogP contribution in [0.4, 0.5) is 11.4 Å². The SMILES string of the molecule is CCc1cc(NC)cc(C(C)C)c1N. The Kier molecular flexibility index (Phi) is 3.39. The number of benzene rings is 1. The van der Waals surface area contributed by atoms with Crippen molar-refractivity contribution in [2.75, 3.05) is 18.1 Å². The minimum Gasteiger partial charge on any atom is -0.398 e. The van der Waals surface area contributed by atoms with Crippen LogP contribution in [0.25, 0.3) is 0 Å². The zero-order valence-electron chi connectivity index (χ0n) is 9.52. The van der Waals surface area contributed by atoms with E-state index in [4.69, 9.17) is 5.73 Å². The van der Waals surface area contributed by atoms with Gasteiger partial charge in [0.1, 0.15) is 0 Å². The first-order chi connectivity index (χ1) is 6.60. The summed E-state index contributed by atoms with van der Waals surface area (Å²) < 4.78 is 0. The summed E-state index contributed by atoms with van der Waals surface area (Å²) in [5.41, 5.74) is 10.7. The molecule has 0 amide bonds. The van der Waals surface area contributed by atoms with Gasteiger partial charge in [-0.15, -0.1) is 0 Å². The molecular weight excluding hydrogens is 172 g/mol. The summed E-state index contributed by atoms with van der Waals surface area (Å²) in [5.74, 6) is 0.480. The third-order valence-electron chi connectivity index (χ3n) is 2.59. The Labute approximate surface area is 86.5 Å². The van der Waals surface area contributed by atoms with E-state index < -0.39 is 0 Å². The first-order valence-electron chi connectivity index (χ1n) is 5.20. The molecule has 1 rings (SSSR count). The Morgan fingerprint density at radius 2 is 2.00 bits per heavy atom. The average Bonchev–Trinajstić information content (AvgIpc) is 2.17. The lowest BCUT2D eigenvalue weighted by Gasteiger charge is -2.15. The van der Waals surface area contributed by atoms with E-state index in [2.05, 4.69) is 38.2 Å². The van der Waals surface area contributed by atoms with Crippen molar-refractivity contribution in [3.05, 3.63) is 23.3 Å². The molecule has 1 aromatic carbocycles. The lowest BCUT2D eigenvalue weighted by Crippen LogP contribution is -2.03. The molecule has 0 aliphatic rings. The van der Waals surface area contributed by atoms with Crippen LogP contribution >= 0.6 is 0 Å². The summed E-state index contributed by atoms with van der Waals surface area (Å²) in [5, 5.41) is 3.17. The van der Waals surface area contributed by atoms with Gasteiger partial charge in [-0.25, -0.2) is 0 Å². The predicted molar refractivity (Wildman–Crippen MR) is 63.9 cm³/mol. The normalized spacial score (nSPS) is 10.6. The third kappa shape index (κ3) is 2.00. The van der Waals surface area contributed by atoms with Crippen molar-refractivity contribution in [3.63, 3.8) is 0 Å². The molecule has 0 unspecified atom stereocenters. The van der Waals surface area contributed by atoms with Crippen molar-refractivity contribution in [3.8, 4) is 0 Å². The second-order valence-electron chi connectivity index (χ2n) is 3.90. The molecule has 14 heavy (non-hydrogen) atoms. The number of hydrogen-bond acceptors (Lipinski definition) is 2. The van der Waals surface area contributed by atoms with Gasteiger partial charge in [0.05, 0.1) is 0 Å². The van der Waals surface area contributed by atoms with Crippen LogP contribution in [-0.2, 0) is 6.42 Å². The zero-order chi connectivity index (χ0) is 10.7. The fourth-order valence-electron chi connectivity index (χ4n) is 1.65. The topological polar surface area (TPSA) is 38.0 Å². The molecule has 0 radical (unpaired) electrons. The standard InChI is InChI=1S/C12H20N2/c1-5-9-6-10(14-4)7-11(8(2)3)12(9)13/h6-8,14H,5,13H2,1-4H3. The van der Waals surface area contributed by atoms with Gasteiger partial charge in [0.25, 0.3) is 0 Å². The molecule has 0 bridgehead atoms. The van der Waals surface area contributed by atoms with E-state index in [0.717, 1.165) is 17.8 Å². The molecule has 0 aliphatic heterocycles. The average molecular weight is 192 g/mol. The molecule has 3 N–H and O–H groups in total. The van der Waals surface area contributed by atoms with Crippen LogP contribution in [0.1, 0.15) is 37.8 Å². The number of nitrogens with one attached hydrogen (secondary N) is 1. The quantitative estimate of drug-likeness (QED) is 0.722. The molecule has 0 saturated heterocycles. The maximum absolute atomic E-state index is 6.09. The highest BCUT2D eigenvalue weighted by Crippen LogP contribution is 2.29. The lowest BCUT2D eigenvalue weighted by atomic mass is 9.96. The van der Waals surface area contributed by atoms with E-state index in [9.17, 15) is 0 Å². The fraction of sp³-hybridized carbons (Fsp3) is 0.500. The molecule has 0 fully saturated rings. The van der Waals surface area contributed by atoms with Gasteiger partial charge in [-0.3, -0.25) is 0 Å². The number of nitrogen functional groups attached to an aromatic ring is 1. The Hall–Kier alpha value is -1.18. The zero-order valence-corrected chi connectivity index (χ0v) is 9.52. The van der Waals surface area contributed by atoms with Crippen LogP contribution in [0.3, 0.4) is 0 Å². The van der Waals surface area contributed by atoms with E-state index in [1.807, 2.05) is 7.05 Å². The Morgan fingerprint density at radius 3 is 2.43 bits per heavy atom. The van der Waals surface area contributed by atoms with Crippen molar-refractivity contribution in [1.29, 1.82) is 0 Å². The van der Waals surface area contributed by atoms with Crippen molar-refractivity contribution < 1.29 is 0 Å². The summed E-state index contributed by atoms with van der Waals surface area (Å²) in [4.78, 5) is 0. The van der Waals surface area contributed by atoms with Gasteiger partial charge in [-0.2, -0.15) is 0 Å². The van der Waals surface area contributed by atoms with E-state index >= 15 is 0 Å². The Balaban J connectivity index is 3.27. The van der Waals surface area contributed by atoms with E-state index in [0.29, 0.717) is 5.92 Å². The van der Waals surface area contributed by atoms with Gasteiger partial charge in [0.15, 0.2) is 0 Å². The summed E-state index contributed by atoms with van der Waals surface area (Å²) in [6.45, 7) is 6.48. The van der Waals surface area contributed by atoms with Crippen LogP contribution in [0.2, 0.25) is 0 Å². The summed E-state index contributed by atoms with van der Waals surface area (Å²) >= 11 is 0. The van der Waals surface area contributed by atoms with Crippen LogP contribution < -0.4 is 11.1 Å². The highest BCUT2D eigenvalue weighted by Gasteiger charge is 2.09. The van der Waals surface area contributed by atoms with Gasteiger partial charge < -0.3 is 11.1 Å². The van der Waals surface area contributed by atoms with Crippen LogP contribution in [0, 0.1) is 0 Å². The molecule has 1 aromatic rings. The first-order valence-corrected chi connectivity index (χ1v) is 5.20. The number of hydrogen-bond donors (Lipinski definition) is 2. The molecule has 0 spiro atoms. The van der Waals surface area contributed by atoms with Crippen molar-refractivity contribution >= 4 is 11.4 Å². The smallest absolute Gasteiger partial charge is 0.0383 e. The summed E-state index contributed by atoms with van der Waals surface area (Å²) in [6.07, 6.45) is 0.987. The number of anilines is 2. The first kappa shape index (κ1) is 10.9. The van der Waals surface area contributed by atoms with Gasteiger partial charge in [-0.05, 0) is 35.6 Å². The highest BCUT2D eigenvalue weighted by atomic mass is 14.8. The molecule has 0 aliphatic carbocycles. The molecule has 0 heterocycles. The largest absolute Gasteiger partial charge is 0.398 e. The van der Waals surface area contributed by atoms with Gasteiger partial charge in [0, 0.05) is 18.4 Å². The molecule has 0 atom stereocenters. The molecule has 2 heteroatoms. The second kappa shape index (κ2) is 4.36. The molecule has 2 nitrogen and oxygen atoms in total. The maximum Gasteiger partial charge on any atom is 0.0383 e. The molecule has 0 saturated carbocycles. The Bertz CT molecular complexity index is 316.